The Morgan fingerprint density at radius 2 is 2.53 bits per heavy atom. The number of rotatable bonds is 5. The van der Waals surface area contributed by atoms with Crippen molar-refractivity contribution in [3.63, 3.8) is 0 Å². The highest BCUT2D eigenvalue weighted by molar-refractivity contribution is 5.69. The molecule has 1 aromatic rings. The second-order valence-electron chi connectivity index (χ2n) is 3.06. The van der Waals surface area contributed by atoms with Crippen LogP contribution >= 0.6 is 0 Å². The van der Waals surface area contributed by atoms with E-state index < -0.39 is 0 Å². The molecule has 1 rings (SSSR count). The Labute approximate surface area is 88.3 Å². The zero-order valence-corrected chi connectivity index (χ0v) is 8.64. The van der Waals surface area contributed by atoms with Gasteiger partial charge in [-0.25, -0.2) is 4.98 Å². The zero-order chi connectivity index (χ0) is 11.1. The maximum atomic E-state index is 11.3. The van der Waals surface area contributed by atoms with Gasteiger partial charge in [0.2, 0.25) is 5.82 Å². The first-order valence-corrected chi connectivity index (χ1v) is 4.84. The van der Waals surface area contributed by atoms with Crippen LogP contribution < -0.4 is 0 Å². The van der Waals surface area contributed by atoms with Crippen molar-refractivity contribution in [3.05, 3.63) is 18.2 Å². The van der Waals surface area contributed by atoms with E-state index in [9.17, 15) is 4.79 Å². The highest BCUT2D eigenvalue weighted by Crippen LogP contribution is 1.97. The number of carbonyl (C=O) groups excluding carboxylic acids is 1. The van der Waals surface area contributed by atoms with Crippen LogP contribution in [0.3, 0.4) is 0 Å². The van der Waals surface area contributed by atoms with E-state index in [1.54, 1.807) is 6.20 Å². The van der Waals surface area contributed by atoms with Crippen LogP contribution in [0.2, 0.25) is 0 Å². The summed E-state index contributed by atoms with van der Waals surface area (Å²) in [5.41, 5.74) is 0. The van der Waals surface area contributed by atoms with Crippen molar-refractivity contribution in [1.29, 1.82) is 5.26 Å². The standard InChI is InChI=1S/C10H13N3O2/c1-2-3-6-15-10(14)8-13-5-4-12-9(13)7-11/h4-5H,2-3,6,8H2,1H3. The van der Waals surface area contributed by atoms with Gasteiger partial charge in [0.15, 0.2) is 0 Å². The monoisotopic (exact) mass is 207 g/mol. The third kappa shape index (κ3) is 3.43. The van der Waals surface area contributed by atoms with Gasteiger partial charge in [-0.1, -0.05) is 13.3 Å². The van der Waals surface area contributed by atoms with Crippen LogP contribution in [-0.4, -0.2) is 22.1 Å². The first kappa shape index (κ1) is 11.2. The number of imidazole rings is 1. The molecule has 0 unspecified atom stereocenters. The number of aromatic nitrogens is 2. The molecule has 5 heteroatoms. The lowest BCUT2D eigenvalue weighted by Crippen LogP contribution is -2.14. The van der Waals surface area contributed by atoms with E-state index in [0.717, 1.165) is 12.8 Å². The summed E-state index contributed by atoms with van der Waals surface area (Å²) in [5.74, 6) is -0.111. The van der Waals surface area contributed by atoms with Crippen LogP contribution in [-0.2, 0) is 16.1 Å². The third-order valence-corrected chi connectivity index (χ3v) is 1.88. The first-order valence-electron chi connectivity index (χ1n) is 4.84. The van der Waals surface area contributed by atoms with Gasteiger partial charge < -0.3 is 9.30 Å². The van der Waals surface area contributed by atoms with Gasteiger partial charge in [-0.2, -0.15) is 5.26 Å². The molecule has 0 atom stereocenters. The van der Waals surface area contributed by atoms with Gasteiger partial charge in [-0.15, -0.1) is 0 Å². The summed E-state index contributed by atoms with van der Waals surface area (Å²) in [6.45, 7) is 2.51. The molecule has 0 spiro atoms. The van der Waals surface area contributed by atoms with Crippen molar-refractivity contribution in [2.75, 3.05) is 6.61 Å². The molecule has 0 aliphatic carbocycles. The van der Waals surface area contributed by atoms with E-state index in [2.05, 4.69) is 4.98 Å². The minimum atomic E-state index is -0.335. The molecule has 0 aliphatic rings. The Morgan fingerprint density at radius 3 is 3.20 bits per heavy atom. The summed E-state index contributed by atoms with van der Waals surface area (Å²) in [6.07, 6.45) is 4.92. The fraction of sp³-hybridized carbons (Fsp3) is 0.500. The topological polar surface area (TPSA) is 67.9 Å². The van der Waals surface area contributed by atoms with Crippen LogP contribution in [0.15, 0.2) is 12.4 Å². The maximum absolute atomic E-state index is 11.3. The molecule has 0 bridgehead atoms. The van der Waals surface area contributed by atoms with Gasteiger partial charge in [0.05, 0.1) is 6.61 Å². The fourth-order valence-corrected chi connectivity index (χ4v) is 1.06. The molecule has 0 radical (unpaired) electrons. The van der Waals surface area contributed by atoms with E-state index in [4.69, 9.17) is 10.00 Å². The average molecular weight is 207 g/mol. The van der Waals surface area contributed by atoms with Gasteiger partial charge in [0, 0.05) is 12.4 Å². The van der Waals surface area contributed by atoms with Gasteiger partial charge >= 0.3 is 5.97 Å². The molecule has 0 saturated heterocycles. The summed E-state index contributed by atoms with van der Waals surface area (Å²) in [4.78, 5) is 15.1. The number of unbranched alkanes of at least 4 members (excludes halogenated alkanes) is 1. The Balaban J connectivity index is 2.42. The molecule has 15 heavy (non-hydrogen) atoms. The van der Waals surface area contributed by atoms with Gasteiger partial charge in [-0.05, 0) is 6.42 Å². The summed E-state index contributed by atoms with van der Waals surface area (Å²) < 4.78 is 6.42. The average Bonchev–Trinajstić information content (AvgIpc) is 2.65. The molecule has 0 aromatic carbocycles. The zero-order valence-electron chi connectivity index (χ0n) is 8.64. The summed E-state index contributed by atoms with van der Waals surface area (Å²) in [6, 6.07) is 1.89. The number of nitriles is 1. The van der Waals surface area contributed by atoms with Crippen molar-refractivity contribution in [2.24, 2.45) is 0 Å². The number of nitrogens with zero attached hydrogens (tertiary/aromatic N) is 3. The van der Waals surface area contributed by atoms with Gasteiger partial charge in [0.1, 0.15) is 12.6 Å². The fourth-order valence-electron chi connectivity index (χ4n) is 1.06. The van der Waals surface area contributed by atoms with Crippen molar-refractivity contribution >= 4 is 5.97 Å². The van der Waals surface area contributed by atoms with Crippen LogP contribution in [0.1, 0.15) is 25.6 Å². The molecule has 0 saturated carbocycles. The number of hydrogen-bond donors (Lipinski definition) is 0. The molecular weight excluding hydrogens is 194 g/mol. The number of carbonyl (C=O) groups is 1. The van der Waals surface area contributed by atoms with Gasteiger partial charge in [-0.3, -0.25) is 4.79 Å². The second kappa shape index (κ2) is 5.81. The largest absolute Gasteiger partial charge is 0.464 e. The normalized spacial score (nSPS) is 9.60. The Bertz CT molecular complexity index is 365. The second-order valence-corrected chi connectivity index (χ2v) is 3.06. The Hall–Kier alpha value is -1.83. The Kier molecular flexibility index (Phi) is 4.35. The van der Waals surface area contributed by atoms with E-state index in [-0.39, 0.29) is 18.3 Å². The lowest BCUT2D eigenvalue weighted by Gasteiger charge is -2.04. The van der Waals surface area contributed by atoms with Gasteiger partial charge in [0.25, 0.3) is 0 Å². The van der Waals surface area contributed by atoms with E-state index in [1.807, 2.05) is 13.0 Å². The number of hydrogen-bond acceptors (Lipinski definition) is 4. The summed E-state index contributed by atoms with van der Waals surface area (Å²) >= 11 is 0. The van der Waals surface area contributed by atoms with E-state index in [1.165, 1.54) is 10.8 Å². The molecule has 1 heterocycles. The number of esters is 1. The quantitative estimate of drug-likeness (QED) is 0.535. The molecule has 0 fully saturated rings. The minimum absolute atomic E-state index is 0.0482. The minimum Gasteiger partial charge on any atom is -0.464 e. The lowest BCUT2D eigenvalue weighted by atomic mass is 10.4. The van der Waals surface area contributed by atoms with E-state index in [0.29, 0.717) is 6.61 Å². The molecule has 80 valence electrons. The van der Waals surface area contributed by atoms with Crippen LogP contribution in [0, 0.1) is 11.3 Å². The molecule has 1 aromatic heterocycles. The highest BCUT2D eigenvalue weighted by Gasteiger charge is 2.07. The Morgan fingerprint density at radius 1 is 1.73 bits per heavy atom. The van der Waals surface area contributed by atoms with Crippen molar-refractivity contribution < 1.29 is 9.53 Å². The van der Waals surface area contributed by atoms with Crippen LogP contribution in [0.25, 0.3) is 0 Å². The SMILES string of the molecule is CCCCOC(=O)Cn1ccnc1C#N. The van der Waals surface area contributed by atoms with Crippen LogP contribution in [0.5, 0.6) is 0 Å². The molecule has 0 N–H and O–H groups in total. The molecule has 0 amide bonds. The molecule has 5 nitrogen and oxygen atoms in total. The molecule has 0 aliphatic heterocycles. The summed E-state index contributed by atoms with van der Waals surface area (Å²) in [5, 5.41) is 8.65. The van der Waals surface area contributed by atoms with Crippen LogP contribution in [0.4, 0.5) is 0 Å². The lowest BCUT2D eigenvalue weighted by molar-refractivity contribution is -0.144. The van der Waals surface area contributed by atoms with Crippen molar-refractivity contribution in [2.45, 2.75) is 26.3 Å². The first-order chi connectivity index (χ1) is 7.27. The predicted molar refractivity (Wildman–Crippen MR) is 52.8 cm³/mol. The predicted octanol–water partition coefficient (Wildman–Crippen LogP) is 1.10. The third-order valence-electron chi connectivity index (χ3n) is 1.88. The maximum Gasteiger partial charge on any atom is 0.326 e. The molecular formula is C10H13N3O2. The highest BCUT2D eigenvalue weighted by atomic mass is 16.5. The van der Waals surface area contributed by atoms with Crippen molar-refractivity contribution in [3.8, 4) is 6.07 Å². The summed E-state index contributed by atoms with van der Waals surface area (Å²) in [7, 11) is 0. The van der Waals surface area contributed by atoms with Crippen molar-refractivity contribution in [1.82, 2.24) is 9.55 Å². The number of ether oxygens (including phenoxy) is 1. The smallest absolute Gasteiger partial charge is 0.326 e. The van der Waals surface area contributed by atoms with E-state index >= 15 is 0 Å².